The van der Waals surface area contributed by atoms with Crippen molar-refractivity contribution in [3.8, 4) is 0 Å². The summed E-state index contributed by atoms with van der Waals surface area (Å²) in [4.78, 5) is 18.1. The van der Waals surface area contributed by atoms with Crippen LogP contribution in [0.3, 0.4) is 0 Å². The normalized spacial score (nSPS) is 7.89. The summed E-state index contributed by atoms with van der Waals surface area (Å²) in [6.45, 7) is 0.287. The molecule has 0 heterocycles. The van der Waals surface area contributed by atoms with Crippen LogP contribution in [0.2, 0.25) is 0 Å². The van der Waals surface area contributed by atoms with Gasteiger partial charge in [0.25, 0.3) is 0 Å². The molecule has 0 radical (unpaired) electrons. The summed E-state index contributed by atoms with van der Waals surface area (Å²) in [6, 6.07) is 9.71. The van der Waals surface area contributed by atoms with Crippen LogP contribution in [-0.4, -0.2) is 31.2 Å². The molecule has 0 unspecified atom stereocenters. The van der Waals surface area contributed by atoms with Crippen molar-refractivity contribution in [1.29, 1.82) is 0 Å². The van der Waals surface area contributed by atoms with Crippen LogP contribution >= 0.6 is 0 Å². The van der Waals surface area contributed by atoms with Crippen molar-refractivity contribution in [2.24, 2.45) is 11.5 Å². The number of aryl methyl sites for hydroxylation is 1. The predicted molar refractivity (Wildman–Crippen MR) is 70.7 cm³/mol. The second kappa shape index (κ2) is 14.9. The fourth-order valence-corrected chi connectivity index (χ4v) is 0.928. The van der Waals surface area contributed by atoms with E-state index in [1.807, 2.05) is 18.2 Å². The molecule has 3 amide bonds. The number of nitrogens with one attached hydrogen (secondary N) is 1. The van der Waals surface area contributed by atoms with Gasteiger partial charge in [0.05, 0.1) is 0 Å². The molecule has 0 aliphatic carbocycles. The Morgan fingerprint density at radius 1 is 1.39 bits per heavy atom. The van der Waals surface area contributed by atoms with Crippen molar-refractivity contribution < 1.29 is 14.7 Å². The van der Waals surface area contributed by atoms with E-state index in [4.69, 9.17) is 9.90 Å². The maximum Gasteiger partial charge on any atom is 0.311 e. The van der Waals surface area contributed by atoms with E-state index in [2.05, 4.69) is 28.9 Å². The summed E-state index contributed by atoms with van der Waals surface area (Å²) in [5, 5.41) is 10.7. The molecule has 0 atom stereocenters. The number of benzene rings is 1. The summed E-state index contributed by atoms with van der Waals surface area (Å²) >= 11 is 0. The first-order valence-corrected chi connectivity index (χ1v) is 5.39. The van der Waals surface area contributed by atoms with E-state index in [0.717, 1.165) is 12.8 Å². The molecule has 6 nitrogen and oxygen atoms in total. The van der Waals surface area contributed by atoms with Crippen LogP contribution in [-0.2, 0) is 11.2 Å². The van der Waals surface area contributed by atoms with E-state index in [1.165, 1.54) is 12.6 Å². The molecule has 0 saturated heterocycles. The third-order valence-corrected chi connectivity index (χ3v) is 1.71. The van der Waals surface area contributed by atoms with Gasteiger partial charge >= 0.3 is 6.03 Å². The molecule has 0 aromatic heterocycles. The maximum atomic E-state index is 9.48. The molecule has 0 saturated carbocycles. The summed E-state index contributed by atoms with van der Waals surface area (Å²) in [7, 11) is 1.47. The summed E-state index contributed by atoms with van der Waals surface area (Å²) in [5.41, 5.74) is 10.0. The van der Waals surface area contributed by atoms with Crippen molar-refractivity contribution in [1.82, 2.24) is 5.32 Å². The Kier molecular flexibility index (Phi) is 15.2. The highest BCUT2D eigenvalue weighted by atomic mass is 16.2. The Morgan fingerprint density at radius 2 is 1.83 bits per heavy atom. The Hall–Kier alpha value is -2.08. The van der Waals surface area contributed by atoms with Gasteiger partial charge < -0.3 is 21.9 Å². The van der Waals surface area contributed by atoms with E-state index in [1.54, 1.807) is 0 Å². The highest BCUT2D eigenvalue weighted by Gasteiger charge is 1.88. The third kappa shape index (κ3) is 16.4. The smallest absolute Gasteiger partial charge is 0.311 e. The minimum atomic E-state index is -0.495. The highest BCUT2D eigenvalue weighted by Crippen LogP contribution is 2.00. The van der Waals surface area contributed by atoms with Crippen molar-refractivity contribution in [3.63, 3.8) is 0 Å². The van der Waals surface area contributed by atoms with Gasteiger partial charge in [-0.15, -0.1) is 0 Å². The Morgan fingerprint density at radius 3 is 2.17 bits per heavy atom. The summed E-state index contributed by atoms with van der Waals surface area (Å²) < 4.78 is 0. The molecule has 1 aromatic rings. The van der Waals surface area contributed by atoms with Gasteiger partial charge in [0, 0.05) is 13.7 Å². The second-order valence-electron chi connectivity index (χ2n) is 3.06. The van der Waals surface area contributed by atoms with Crippen molar-refractivity contribution in [3.05, 3.63) is 35.9 Å². The summed E-state index contributed by atoms with van der Waals surface area (Å²) in [5.74, 6) is 0. The molecular weight excluding hydrogens is 234 g/mol. The first-order chi connectivity index (χ1) is 8.62. The number of nitrogens with two attached hydrogens (primary N) is 2. The molecular formula is C12H21N3O3. The zero-order chi connectivity index (χ0) is 14.2. The number of aliphatic hydroxyl groups excluding tert-OH is 1. The fourth-order valence-electron chi connectivity index (χ4n) is 0.928. The van der Waals surface area contributed by atoms with Gasteiger partial charge in [0.2, 0.25) is 6.41 Å². The minimum absolute atomic E-state index is 0.250. The molecule has 0 fully saturated rings. The monoisotopic (exact) mass is 255 g/mol. The Bertz CT molecular complexity index is 305. The SMILES string of the molecule is CNC(N)=O.NC=O.OCCCc1ccccc1. The van der Waals surface area contributed by atoms with E-state index in [9.17, 15) is 4.79 Å². The Labute approximate surface area is 107 Å². The number of aliphatic hydroxyl groups is 1. The lowest BCUT2D eigenvalue weighted by molar-refractivity contribution is -0.106. The number of amides is 3. The van der Waals surface area contributed by atoms with Gasteiger partial charge in [-0.2, -0.15) is 0 Å². The first kappa shape index (κ1) is 18.3. The van der Waals surface area contributed by atoms with Gasteiger partial charge in [-0.05, 0) is 18.4 Å². The van der Waals surface area contributed by atoms with Crippen molar-refractivity contribution >= 4 is 12.4 Å². The highest BCUT2D eigenvalue weighted by molar-refractivity contribution is 5.71. The van der Waals surface area contributed by atoms with Gasteiger partial charge in [0.1, 0.15) is 0 Å². The molecule has 1 aromatic carbocycles. The van der Waals surface area contributed by atoms with Crippen LogP contribution in [0.25, 0.3) is 0 Å². The topological polar surface area (TPSA) is 118 Å². The van der Waals surface area contributed by atoms with E-state index >= 15 is 0 Å². The standard InChI is InChI=1S/C9H12O.C2H6N2O.CH3NO/c10-8-4-7-9-5-2-1-3-6-9;1-4-2(3)5;2-1-3/h1-3,5-6,10H,4,7-8H2;1H3,(H3,3,4,5);1H,(H2,2,3). The van der Waals surface area contributed by atoms with Gasteiger partial charge in [-0.25, -0.2) is 4.79 Å². The summed E-state index contributed by atoms with van der Waals surface area (Å²) in [6.07, 6.45) is 2.10. The lowest BCUT2D eigenvalue weighted by Crippen LogP contribution is -2.24. The number of urea groups is 1. The number of hydrogen-bond acceptors (Lipinski definition) is 3. The van der Waals surface area contributed by atoms with Crippen LogP contribution in [0.4, 0.5) is 4.79 Å². The molecule has 102 valence electrons. The number of carbonyl (C=O) groups is 2. The molecule has 18 heavy (non-hydrogen) atoms. The largest absolute Gasteiger partial charge is 0.396 e. The van der Waals surface area contributed by atoms with E-state index in [0.29, 0.717) is 0 Å². The zero-order valence-corrected chi connectivity index (χ0v) is 10.5. The number of hydrogen-bond donors (Lipinski definition) is 4. The second-order valence-corrected chi connectivity index (χ2v) is 3.06. The van der Waals surface area contributed by atoms with Crippen LogP contribution < -0.4 is 16.8 Å². The van der Waals surface area contributed by atoms with E-state index in [-0.39, 0.29) is 13.0 Å². The van der Waals surface area contributed by atoms with Crippen LogP contribution in [0.1, 0.15) is 12.0 Å². The number of rotatable bonds is 3. The molecule has 6 heteroatoms. The molecule has 6 N–H and O–H groups in total. The van der Waals surface area contributed by atoms with Crippen LogP contribution in [0.5, 0.6) is 0 Å². The molecule has 1 rings (SSSR count). The quantitative estimate of drug-likeness (QED) is 0.569. The number of primary amides is 2. The van der Waals surface area contributed by atoms with Gasteiger partial charge in [0.15, 0.2) is 0 Å². The van der Waals surface area contributed by atoms with Gasteiger partial charge in [-0.1, -0.05) is 30.3 Å². The number of carbonyl (C=O) groups excluding carboxylic acids is 2. The lowest BCUT2D eigenvalue weighted by atomic mass is 10.1. The zero-order valence-electron chi connectivity index (χ0n) is 10.5. The van der Waals surface area contributed by atoms with Crippen LogP contribution in [0.15, 0.2) is 30.3 Å². The molecule has 0 spiro atoms. The average molecular weight is 255 g/mol. The molecule has 0 aliphatic heterocycles. The Balaban J connectivity index is 0. The minimum Gasteiger partial charge on any atom is -0.396 e. The predicted octanol–water partition coefficient (Wildman–Crippen LogP) is -0.00250. The molecule has 0 aliphatic rings. The lowest BCUT2D eigenvalue weighted by Gasteiger charge is -1.96. The fraction of sp³-hybridized carbons (Fsp3) is 0.333. The van der Waals surface area contributed by atoms with Gasteiger partial charge in [-0.3, -0.25) is 4.79 Å². The third-order valence-electron chi connectivity index (χ3n) is 1.71. The maximum absolute atomic E-state index is 9.48. The van der Waals surface area contributed by atoms with Crippen molar-refractivity contribution in [2.75, 3.05) is 13.7 Å². The van der Waals surface area contributed by atoms with Crippen molar-refractivity contribution in [2.45, 2.75) is 12.8 Å². The molecule has 0 bridgehead atoms. The first-order valence-electron chi connectivity index (χ1n) is 5.39. The van der Waals surface area contributed by atoms with Crippen LogP contribution in [0, 0.1) is 0 Å². The average Bonchev–Trinajstić information content (AvgIpc) is 2.39. The van der Waals surface area contributed by atoms with E-state index < -0.39 is 6.03 Å².